The zero-order valence-electron chi connectivity index (χ0n) is 55.5. The van der Waals surface area contributed by atoms with Gasteiger partial charge in [0.05, 0.1) is 82.7 Å². The number of aromatic nitrogens is 4. The molecule has 10 heterocycles. The van der Waals surface area contributed by atoms with E-state index in [-0.39, 0.29) is 0 Å². The van der Waals surface area contributed by atoms with Crippen molar-refractivity contribution < 1.29 is 8.83 Å². The molecule has 0 aliphatic heterocycles. The lowest BCUT2D eigenvalue weighted by atomic mass is 9.99. The van der Waals surface area contributed by atoms with Crippen molar-refractivity contribution in [1.82, 2.24) is 17.6 Å². The highest BCUT2D eigenvalue weighted by Gasteiger charge is 2.32. The standard InChI is InChI=1S/C96H52N6O2/c1-3-22-55(23-4-1)97(59-40-41-61-71-51-78-84(68-34-19-33-62-60-28-7-12-35-73(60)99(78)91(62)68)90-70-44-47-83-88(67-32-11-16-39-81(67)104-83)94(70)102(95(71)90)77(61)50-59)57-26-17-20-53(48-57)54-21-18-27-58(49-54)98(56-24-5-2-6-25-56)76-45-42-69-85-79(100-74-36-13-8-29-64(74)86(76)93(69)100)52-72-63-43-46-82-87(66-31-10-15-38-80(66)103-82)92(63)101-75-37-14-9-30-65(75)89(85)96(72)101/h1-52H. The average Bonchev–Trinajstić information content (AvgIpc) is 1.50. The molecule has 104 heavy (non-hydrogen) atoms. The Hall–Kier alpha value is -14.1. The van der Waals surface area contributed by atoms with Gasteiger partial charge in [-0.05, 0) is 145 Å². The zero-order chi connectivity index (χ0) is 67.1. The molecule has 26 rings (SSSR count). The molecule has 0 N–H and O–H groups in total. The second-order valence-corrected chi connectivity index (χ2v) is 28.5. The fourth-order valence-electron chi connectivity index (χ4n) is 19.6. The van der Waals surface area contributed by atoms with Crippen LogP contribution in [0.2, 0.25) is 0 Å². The molecule has 8 heteroatoms. The molecule has 8 nitrogen and oxygen atoms in total. The molecule has 10 aromatic heterocycles. The summed E-state index contributed by atoms with van der Waals surface area (Å²) in [6.07, 6.45) is 0. The van der Waals surface area contributed by atoms with Crippen LogP contribution in [0.15, 0.2) is 324 Å². The molecule has 0 aliphatic rings. The van der Waals surface area contributed by atoms with E-state index in [4.69, 9.17) is 8.83 Å². The van der Waals surface area contributed by atoms with Crippen molar-refractivity contribution in [2.45, 2.75) is 0 Å². The number of anilines is 6. The molecule has 0 unspecified atom stereocenters. The summed E-state index contributed by atoms with van der Waals surface area (Å²) in [5.41, 5.74) is 26.7. The molecule has 0 aliphatic carbocycles. The van der Waals surface area contributed by atoms with E-state index in [9.17, 15) is 0 Å². The second kappa shape index (κ2) is 19.1. The number of furan rings is 2. The minimum atomic E-state index is 0.881. The van der Waals surface area contributed by atoms with Crippen LogP contribution in [0.3, 0.4) is 0 Å². The van der Waals surface area contributed by atoms with Gasteiger partial charge < -0.3 is 36.2 Å². The van der Waals surface area contributed by atoms with Crippen LogP contribution in [0.4, 0.5) is 34.1 Å². The first kappa shape index (κ1) is 53.8. The van der Waals surface area contributed by atoms with E-state index < -0.39 is 0 Å². The Morgan fingerprint density at radius 1 is 0.183 bits per heavy atom. The first-order chi connectivity index (χ1) is 51.6. The van der Waals surface area contributed by atoms with Gasteiger partial charge in [0, 0.05) is 125 Å². The third kappa shape index (κ3) is 6.53. The van der Waals surface area contributed by atoms with Crippen molar-refractivity contribution >= 4 is 230 Å². The van der Waals surface area contributed by atoms with E-state index in [1.807, 2.05) is 0 Å². The van der Waals surface area contributed by atoms with Crippen molar-refractivity contribution in [3.63, 3.8) is 0 Å². The smallest absolute Gasteiger partial charge is 0.137 e. The predicted molar refractivity (Wildman–Crippen MR) is 434 cm³/mol. The number of para-hydroxylation sites is 8. The first-order valence-corrected chi connectivity index (χ1v) is 35.8. The number of benzene rings is 16. The zero-order valence-corrected chi connectivity index (χ0v) is 55.5. The minimum Gasteiger partial charge on any atom is -0.456 e. The fraction of sp³-hybridized carbons (Fsp3) is 0. The summed E-state index contributed by atoms with van der Waals surface area (Å²) in [5, 5.41) is 24.5. The van der Waals surface area contributed by atoms with Gasteiger partial charge in [0.2, 0.25) is 0 Å². The lowest BCUT2D eigenvalue weighted by Crippen LogP contribution is -2.10. The maximum absolute atomic E-state index is 6.75. The fourth-order valence-corrected chi connectivity index (χ4v) is 19.6. The third-order valence-corrected chi connectivity index (χ3v) is 23.5. The number of hydrogen-bond acceptors (Lipinski definition) is 4. The van der Waals surface area contributed by atoms with Gasteiger partial charge in [0.15, 0.2) is 0 Å². The van der Waals surface area contributed by atoms with Crippen LogP contribution in [-0.4, -0.2) is 17.6 Å². The van der Waals surface area contributed by atoms with Crippen molar-refractivity contribution in [1.29, 1.82) is 0 Å². The van der Waals surface area contributed by atoms with Crippen LogP contribution in [0.1, 0.15) is 0 Å². The van der Waals surface area contributed by atoms with Gasteiger partial charge in [-0.1, -0.05) is 182 Å². The summed E-state index contributed by atoms with van der Waals surface area (Å²) >= 11 is 0. The molecule has 0 saturated heterocycles. The molecule has 0 bridgehead atoms. The molecule has 16 aromatic carbocycles. The van der Waals surface area contributed by atoms with Gasteiger partial charge in [0.1, 0.15) is 22.3 Å². The van der Waals surface area contributed by atoms with Crippen LogP contribution >= 0.6 is 0 Å². The van der Waals surface area contributed by atoms with E-state index in [0.29, 0.717) is 0 Å². The van der Waals surface area contributed by atoms with E-state index in [1.165, 1.54) is 141 Å². The Bertz CT molecular complexity index is 8250. The summed E-state index contributed by atoms with van der Waals surface area (Å²) in [4.78, 5) is 4.91. The lowest BCUT2D eigenvalue weighted by molar-refractivity contribution is 0.669. The normalized spacial score (nSPS) is 12.8. The lowest BCUT2D eigenvalue weighted by Gasteiger charge is -2.27. The maximum Gasteiger partial charge on any atom is 0.137 e. The van der Waals surface area contributed by atoms with Crippen molar-refractivity contribution in [2.24, 2.45) is 0 Å². The molecule has 0 fully saturated rings. The van der Waals surface area contributed by atoms with Crippen LogP contribution in [0, 0.1) is 0 Å². The van der Waals surface area contributed by atoms with Gasteiger partial charge in [-0.2, -0.15) is 0 Å². The van der Waals surface area contributed by atoms with E-state index in [1.54, 1.807) is 0 Å². The second-order valence-electron chi connectivity index (χ2n) is 28.5. The SMILES string of the molecule is c1ccc(N(c2cccc(-c3cccc(N(c4ccccc4)c4ccc5c6c7c8ccccc8n8c9c(ccc%10oc%11ccccc%11c%109)c(cc6n6c9ccccc9c4c56)c78)c3)c2)c2ccc3c4cc5c(c6cccc7c8ccccc8n5c76)c5c6ccc7oc8ccccc8c7c6n(c3c2)c45)cc1. The summed E-state index contributed by atoms with van der Waals surface area (Å²) in [6, 6.07) is 117. The largest absolute Gasteiger partial charge is 0.456 e. The number of rotatable bonds is 7. The Morgan fingerprint density at radius 3 is 1.25 bits per heavy atom. The third-order valence-electron chi connectivity index (χ3n) is 23.5. The first-order valence-electron chi connectivity index (χ1n) is 35.8. The van der Waals surface area contributed by atoms with Crippen LogP contribution in [0.25, 0.3) is 207 Å². The monoisotopic (exact) mass is 1320 g/mol. The molecule has 0 radical (unpaired) electrons. The van der Waals surface area contributed by atoms with E-state index in [0.717, 1.165) is 100 Å². The number of hydrogen-bond donors (Lipinski definition) is 0. The van der Waals surface area contributed by atoms with Gasteiger partial charge in [-0.3, -0.25) is 0 Å². The molecule has 26 aromatic rings. The Labute approximate surface area is 589 Å². The van der Waals surface area contributed by atoms with Gasteiger partial charge in [-0.15, -0.1) is 0 Å². The quantitative estimate of drug-likeness (QED) is 0.160. The van der Waals surface area contributed by atoms with Crippen molar-refractivity contribution in [3.8, 4) is 11.1 Å². The maximum atomic E-state index is 6.75. The predicted octanol–water partition coefficient (Wildman–Crippen LogP) is 26.7. The van der Waals surface area contributed by atoms with Crippen LogP contribution in [-0.2, 0) is 0 Å². The molecule has 0 atom stereocenters. The topological polar surface area (TPSA) is 50.4 Å². The van der Waals surface area contributed by atoms with Crippen LogP contribution < -0.4 is 9.80 Å². The molecule has 478 valence electrons. The molecular weight excluding hydrogens is 1270 g/mol. The minimum absolute atomic E-state index is 0.881. The van der Waals surface area contributed by atoms with E-state index in [2.05, 4.69) is 343 Å². The molecular formula is C96H52N6O2. The van der Waals surface area contributed by atoms with Gasteiger partial charge in [0.25, 0.3) is 0 Å². The highest BCUT2D eigenvalue weighted by molar-refractivity contribution is 6.43. The number of fused-ring (bicyclic) bond motifs is 34. The summed E-state index contributed by atoms with van der Waals surface area (Å²) in [7, 11) is 0. The highest BCUT2D eigenvalue weighted by Crippen LogP contribution is 2.55. The average molecular weight is 1320 g/mol. The summed E-state index contributed by atoms with van der Waals surface area (Å²) < 4.78 is 23.5. The highest BCUT2D eigenvalue weighted by atomic mass is 16.3. The molecule has 0 amide bonds. The Balaban J connectivity index is 0.668. The summed E-state index contributed by atoms with van der Waals surface area (Å²) in [6.45, 7) is 0. The molecule has 0 spiro atoms. The Morgan fingerprint density at radius 2 is 0.577 bits per heavy atom. The van der Waals surface area contributed by atoms with Gasteiger partial charge >= 0.3 is 0 Å². The van der Waals surface area contributed by atoms with Crippen molar-refractivity contribution in [3.05, 3.63) is 315 Å². The number of nitrogens with zero attached hydrogens (tertiary/aromatic N) is 6. The van der Waals surface area contributed by atoms with Crippen molar-refractivity contribution in [2.75, 3.05) is 9.80 Å². The van der Waals surface area contributed by atoms with Crippen LogP contribution in [0.5, 0.6) is 0 Å². The molecule has 0 saturated carbocycles. The van der Waals surface area contributed by atoms with Gasteiger partial charge in [-0.25, -0.2) is 0 Å². The summed E-state index contributed by atoms with van der Waals surface area (Å²) in [5.74, 6) is 0. The van der Waals surface area contributed by atoms with E-state index >= 15 is 0 Å². The Kier molecular flexibility index (Phi) is 9.86.